The molecule has 1 atom stereocenters. The molecule has 2 aromatic rings. The Morgan fingerprint density at radius 3 is 2.54 bits per heavy atom. The zero-order valence-corrected chi connectivity index (χ0v) is 14.5. The monoisotopic (exact) mass is 326 g/mol. The van der Waals surface area contributed by atoms with Gasteiger partial charge in [0.2, 0.25) is 0 Å². The van der Waals surface area contributed by atoms with Crippen molar-refractivity contribution in [2.24, 2.45) is 5.92 Å². The van der Waals surface area contributed by atoms with Crippen LogP contribution in [0, 0.1) is 5.92 Å². The predicted molar refractivity (Wildman–Crippen MR) is 97.3 cm³/mol. The van der Waals surface area contributed by atoms with E-state index in [9.17, 15) is 4.79 Å². The molecule has 0 spiro atoms. The number of fused-ring (bicyclic) bond motifs is 1. The number of nitrogens with one attached hydrogen (secondary N) is 1. The highest BCUT2D eigenvalue weighted by molar-refractivity contribution is 5.98. The van der Waals surface area contributed by atoms with Crippen LogP contribution < -0.4 is 5.32 Å². The lowest BCUT2D eigenvalue weighted by atomic mass is 10.0. The van der Waals surface area contributed by atoms with Gasteiger partial charge in [-0.2, -0.15) is 0 Å². The molecule has 1 fully saturated rings. The minimum absolute atomic E-state index is 0.000313. The molecule has 4 nitrogen and oxygen atoms in total. The van der Waals surface area contributed by atoms with Gasteiger partial charge in [0.1, 0.15) is 0 Å². The molecule has 1 aliphatic rings. The molecule has 24 heavy (non-hydrogen) atoms. The van der Waals surface area contributed by atoms with Gasteiger partial charge in [0, 0.05) is 31.2 Å². The average molecular weight is 326 g/mol. The molecule has 0 radical (unpaired) electrons. The van der Waals surface area contributed by atoms with Gasteiger partial charge in [-0.05, 0) is 28.8 Å². The Morgan fingerprint density at radius 2 is 1.83 bits per heavy atom. The van der Waals surface area contributed by atoms with Gasteiger partial charge in [-0.15, -0.1) is 0 Å². The van der Waals surface area contributed by atoms with Gasteiger partial charge in [0.15, 0.2) is 0 Å². The fourth-order valence-electron chi connectivity index (χ4n) is 3.33. The summed E-state index contributed by atoms with van der Waals surface area (Å²) >= 11 is 0. The van der Waals surface area contributed by atoms with Crippen LogP contribution in [-0.4, -0.2) is 49.7 Å². The second-order valence-corrected chi connectivity index (χ2v) is 6.73. The van der Waals surface area contributed by atoms with Gasteiger partial charge in [0.25, 0.3) is 5.91 Å². The van der Waals surface area contributed by atoms with Crippen molar-refractivity contribution in [2.75, 3.05) is 32.8 Å². The first-order valence-corrected chi connectivity index (χ1v) is 8.74. The minimum atomic E-state index is -0.000313. The van der Waals surface area contributed by atoms with Gasteiger partial charge < -0.3 is 10.1 Å². The van der Waals surface area contributed by atoms with E-state index in [0.717, 1.165) is 42.6 Å². The smallest absolute Gasteiger partial charge is 0.251 e. The van der Waals surface area contributed by atoms with Crippen molar-refractivity contribution in [3.05, 3.63) is 48.0 Å². The number of morpholine rings is 1. The number of hydrogen-bond donors (Lipinski definition) is 1. The first kappa shape index (κ1) is 16.9. The van der Waals surface area contributed by atoms with Gasteiger partial charge in [0.05, 0.1) is 13.2 Å². The maximum absolute atomic E-state index is 12.5. The molecule has 0 bridgehead atoms. The van der Waals surface area contributed by atoms with Crippen molar-refractivity contribution in [3.8, 4) is 0 Å². The summed E-state index contributed by atoms with van der Waals surface area (Å²) in [7, 11) is 0. The Hall–Kier alpha value is -1.91. The van der Waals surface area contributed by atoms with Gasteiger partial charge in [-0.3, -0.25) is 9.69 Å². The number of carbonyl (C=O) groups excluding carboxylic acids is 1. The number of amides is 1. The van der Waals surface area contributed by atoms with Gasteiger partial charge >= 0.3 is 0 Å². The summed E-state index contributed by atoms with van der Waals surface area (Å²) in [5.74, 6) is 0.486. The summed E-state index contributed by atoms with van der Waals surface area (Å²) in [5, 5.41) is 5.37. The highest BCUT2D eigenvalue weighted by Gasteiger charge is 2.24. The molecule has 3 rings (SSSR count). The third kappa shape index (κ3) is 3.94. The largest absolute Gasteiger partial charge is 0.379 e. The molecule has 1 N–H and O–H groups in total. The number of benzene rings is 2. The fourth-order valence-corrected chi connectivity index (χ4v) is 3.33. The van der Waals surface area contributed by atoms with Crippen molar-refractivity contribution < 1.29 is 9.53 Å². The fraction of sp³-hybridized carbons (Fsp3) is 0.450. The van der Waals surface area contributed by atoms with Crippen molar-refractivity contribution in [1.29, 1.82) is 0 Å². The molecule has 0 aromatic heterocycles. The second kappa shape index (κ2) is 7.77. The minimum Gasteiger partial charge on any atom is -0.379 e. The van der Waals surface area contributed by atoms with Crippen LogP contribution in [0.4, 0.5) is 0 Å². The van der Waals surface area contributed by atoms with E-state index in [1.54, 1.807) is 0 Å². The summed E-state index contributed by atoms with van der Waals surface area (Å²) in [6, 6.07) is 14.3. The molecule has 1 heterocycles. The van der Waals surface area contributed by atoms with E-state index in [2.05, 4.69) is 30.1 Å². The molecule has 1 saturated heterocycles. The van der Waals surface area contributed by atoms with Crippen molar-refractivity contribution in [2.45, 2.75) is 19.9 Å². The normalized spacial score (nSPS) is 17.1. The number of carbonyl (C=O) groups is 1. The van der Waals surface area contributed by atoms with Crippen molar-refractivity contribution >= 4 is 16.7 Å². The Bertz CT molecular complexity index is 693. The Balaban J connectivity index is 1.65. The lowest BCUT2D eigenvalue weighted by Gasteiger charge is -2.36. The van der Waals surface area contributed by atoms with E-state index >= 15 is 0 Å². The first-order chi connectivity index (χ1) is 11.6. The lowest BCUT2D eigenvalue weighted by molar-refractivity contribution is 0.00673. The van der Waals surface area contributed by atoms with E-state index in [-0.39, 0.29) is 5.91 Å². The molecule has 1 aliphatic heterocycles. The maximum atomic E-state index is 12.5. The number of ether oxygens (including phenoxy) is 1. The summed E-state index contributed by atoms with van der Waals surface area (Å²) < 4.78 is 5.44. The summed E-state index contributed by atoms with van der Waals surface area (Å²) in [6.07, 6.45) is 0. The average Bonchev–Trinajstić information content (AvgIpc) is 2.62. The van der Waals surface area contributed by atoms with Crippen LogP contribution >= 0.6 is 0 Å². The van der Waals surface area contributed by atoms with Crippen LogP contribution in [0.2, 0.25) is 0 Å². The van der Waals surface area contributed by atoms with E-state index in [1.165, 1.54) is 0 Å². The third-order valence-electron chi connectivity index (χ3n) is 4.77. The molecule has 0 saturated carbocycles. The molecule has 1 amide bonds. The van der Waals surface area contributed by atoms with E-state index < -0.39 is 0 Å². The van der Waals surface area contributed by atoms with Gasteiger partial charge in [-0.25, -0.2) is 0 Å². The van der Waals surface area contributed by atoms with E-state index in [1.807, 2.05) is 36.4 Å². The van der Waals surface area contributed by atoms with Crippen LogP contribution in [0.5, 0.6) is 0 Å². The molecule has 0 aliphatic carbocycles. The quantitative estimate of drug-likeness (QED) is 0.918. The number of rotatable bonds is 5. The molecule has 4 heteroatoms. The van der Waals surface area contributed by atoms with Crippen LogP contribution in [-0.2, 0) is 4.74 Å². The maximum Gasteiger partial charge on any atom is 0.251 e. The SMILES string of the molecule is CC(C)C(CNC(=O)c1ccc2ccccc2c1)N1CCOCC1. The molecular weight excluding hydrogens is 300 g/mol. The first-order valence-electron chi connectivity index (χ1n) is 8.74. The topological polar surface area (TPSA) is 41.6 Å². The number of hydrogen-bond acceptors (Lipinski definition) is 3. The van der Waals surface area contributed by atoms with Crippen LogP contribution in [0.1, 0.15) is 24.2 Å². The summed E-state index contributed by atoms with van der Waals surface area (Å²) in [6.45, 7) is 8.53. The third-order valence-corrected chi connectivity index (χ3v) is 4.77. The zero-order valence-electron chi connectivity index (χ0n) is 14.5. The zero-order chi connectivity index (χ0) is 16.9. The van der Waals surface area contributed by atoms with E-state index in [4.69, 9.17) is 4.74 Å². The van der Waals surface area contributed by atoms with Crippen LogP contribution in [0.15, 0.2) is 42.5 Å². The Labute approximate surface area is 143 Å². The number of nitrogens with zero attached hydrogens (tertiary/aromatic N) is 1. The van der Waals surface area contributed by atoms with E-state index in [0.29, 0.717) is 18.5 Å². The van der Waals surface area contributed by atoms with Crippen molar-refractivity contribution in [1.82, 2.24) is 10.2 Å². The van der Waals surface area contributed by atoms with Gasteiger partial charge in [-0.1, -0.05) is 44.2 Å². The molecular formula is C20H26N2O2. The molecule has 128 valence electrons. The van der Waals surface area contributed by atoms with Crippen molar-refractivity contribution in [3.63, 3.8) is 0 Å². The molecule has 2 aromatic carbocycles. The Morgan fingerprint density at radius 1 is 1.12 bits per heavy atom. The molecule has 1 unspecified atom stereocenters. The summed E-state index contributed by atoms with van der Waals surface area (Å²) in [4.78, 5) is 15.0. The lowest BCUT2D eigenvalue weighted by Crippen LogP contribution is -2.51. The second-order valence-electron chi connectivity index (χ2n) is 6.73. The highest BCUT2D eigenvalue weighted by atomic mass is 16.5. The van der Waals surface area contributed by atoms with Crippen LogP contribution in [0.3, 0.4) is 0 Å². The predicted octanol–water partition coefficient (Wildman–Crippen LogP) is 2.93. The Kier molecular flexibility index (Phi) is 5.48. The van der Waals surface area contributed by atoms with Crippen LogP contribution in [0.25, 0.3) is 10.8 Å². The standard InChI is InChI=1S/C20H26N2O2/c1-15(2)19(22-9-11-24-12-10-22)14-21-20(23)18-8-7-16-5-3-4-6-17(16)13-18/h3-8,13,15,19H,9-12,14H2,1-2H3,(H,21,23). The summed E-state index contributed by atoms with van der Waals surface area (Å²) in [5.41, 5.74) is 0.721. The highest BCUT2D eigenvalue weighted by Crippen LogP contribution is 2.16.